The lowest BCUT2D eigenvalue weighted by atomic mass is 10.0. The molecule has 0 heterocycles. The Morgan fingerprint density at radius 2 is 1.39 bits per heavy atom. The maximum Gasteiger partial charge on any atom is 0.243 e. The third kappa shape index (κ3) is 8.43. The van der Waals surface area contributed by atoms with Crippen molar-refractivity contribution in [3.63, 3.8) is 0 Å². The summed E-state index contributed by atoms with van der Waals surface area (Å²) < 4.78 is 31.8. The number of rotatable bonds is 13. The van der Waals surface area contributed by atoms with E-state index >= 15 is 0 Å². The normalized spacial score (nSPS) is 12.1. The topological polar surface area (TPSA) is 96.0 Å². The lowest BCUT2D eigenvalue weighted by Crippen LogP contribution is -2.53. The van der Waals surface area contributed by atoms with Crippen LogP contribution in [0.3, 0.4) is 0 Å². The fraction of sp³-hybridized carbons (Fsp3) is 0.310. The first-order valence-electron chi connectivity index (χ1n) is 12.4. The van der Waals surface area contributed by atoms with Crippen molar-refractivity contribution >= 4 is 21.8 Å². The first-order chi connectivity index (χ1) is 18.2. The number of hydrogen-bond donors (Lipinski definition) is 1. The van der Waals surface area contributed by atoms with Crippen LogP contribution in [0.2, 0.25) is 0 Å². The summed E-state index contributed by atoms with van der Waals surface area (Å²) in [5.41, 5.74) is 2.44. The Morgan fingerprint density at radius 3 is 1.92 bits per heavy atom. The number of benzene rings is 3. The number of nitrogens with zero attached hydrogens (tertiary/aromatic N) is 2. The van der Waals surface area contributed by atoms with Gasteiger partial charge in [-0.25, -0.2) is 8.42 Å². The van der Waals surface area contributed by atoms with Gasteiger partial charge in [-0.3, -0.25) is 9.59 Å². The molecule has 0 saturated heterocycles. The quantitative estimate of drug-likeness (QED) is 0.361. The molecule has 0 aliphatic carbocycles. The number of carbonyl (C=O) groups excluding carboxylic acids is 2. The smallest absolute Gasteiger partial charge is 0.243 e. The molecule has 0 spiro atoms. The Kier molecular flexibility index (Phi) is 10.4. The van der Waals surface area contributed by atoms with Crippen molar-refractivity contribution in [2.24, 2.45) is 0 Å². The number of sulfonamides is 1. The van der Waals surface area contributed by atoms with Crippen LogP contribution in [-0.4, -0.2) is 61.9 Å². The average Bonchev–Trinajstić information content (AvgIpc) is 2.91. The van der Waals surface area contributed by atoms with Crippen LogP contribution in [0.5, 0.6) is 5.75 Å². The molecule has 0 aromatic heterocycles. The molecule has 2 amide bonds. The molecular weight excluding hydrogens is 502 g/mol. The van der Waals surface area contributed by atoms with Crippen molar-refractivity contribution in [2.45, 2.75) is 32.5 Å². The van der Waals surface area contributed by atoms with Crippen LogP contribution < -0.4 is 10.1 Å². The van der Waals surface area contributed by atoms with E-state index in [1.807, 2.05) is 79.7 Å². The third-order valence-electron chi connectivity index (χ3n) is 6.12. The minimum Gasteiger partial charge on any atom is -0.497 e. The van der Waals surface area contributed by atoms with Crippen LogP contribution in [0.15, 0.2) is 84.9 Å². The van der Waals surface area contributed by atoms with Crippen molar-refractivity contribution < 1.29 is 22.7 Å². The van der Waals surface area contributed by atoms with Gasteiger partial charge in [0.05, 0.1) is 19.9 Å². The molecule has 1 N–H and O–H groups in total. The lowest BCUT2D eigenvalue weighted by molar-refractivity contribution is -0.141. The van der Waals surface area contributed by atoms with Gasteiger partial charge in [0.15, 0.2) is 0 Å². The van der Waals surface area contributed by atoms with Crippen LogP contribution >= 0.6 is 0 Å². The van der Waals surface area contributed by atoms with E-state index in [9.17, 15) is 18.0 Å². The second-order valence-electron chi connectivity index (χ2n) is 8.99. The van der Waals surface area contributed by atoms with E-state index in [4.69, 9.17) is 4.74 Å². The molecule has 1 atom stereocenters. The third-order valence-corrected chi connectivity index (χ3v) is 7.31. The number of carbonyl (C=O) groups is 2. The van der Waals surface area contributed by atoms with Gasteiger partial charge in [-0.15, -0.1) is 0 Å². The highest BCUT2D eigenvalue weighted by Crippen LogP contribution is 2.19. The molecule has 202 valence electrons. The molecule has 3 aromatic carbocycles. The molecule has 8 nitrogen and oxygen atoms in total. The molecule has 9 heteroatoms. The summed E-state index contributed by atoms with van der Waals surface area (Å²) in [5.74, 6) is -0.0937. The Balaban J connectivity index is 1.97. The van der Waals surface area contributed by atoms with Crippen molar-refractivity contribution in [2.75, 3.05) is 26.5 Å². The van der Waals surface area contributed by atoms with Crippen molar-refractivity contribution in [1.82, 2.24) is 14.5 Å². The number of nitrogens with one attached hydrogen (secondary N) is 1. The van der Waals surface area contributed by atoms with Gasteiger partial charge in [0, 0.05) is 26.1 Å². The lowest BCUT2D eigenvalue weighted by Gasteiger charge is -2.33. The van der Waals surface area contributed by atoms with Gasteiger partial charge in [0.1, 0.15) is 11.8 Å². The highest BCUT2D eigenvalue weighted by molar-refractivity contribution is 7.88. The first kappa shape index (κ1) is 28.9. The first-order valence-corrected chi connectivity index (χ1v) is 14.3. The summed E-state index contributed by atoms with van der Waals surface area (Å²) >= 11 is 0. The number of likely N-dealkylation sites (N-methyl/N-ethyl adjacent to an activating group) is 1. The monoisotopic (exact) mass is 537 g/mol. The van der Waals surface area contributed by atoms with E-state index < -0.39 is 28.5 Å². The van der Waals surface area contributed by atoms with E-state index in [0.29, 0.717) is 12.3 Å². The molecule has 0 aliphatic rings. The Morgan fingerprint density at radius 1 is 0.842 bits per heavy atom. The van der Waals surface area contributed by atoms with Crippen LogP contribution in [0, 0.1) is 0 Å². The minimum atomic E-state index is -3.72. The van der Waals surface area contributed by atoms with E-state index in [2.05, 4.69) is 5.32 Å². The van der Waals surface area contributed by atoms with Gasteiger partial charge in [-0.05, 0) is 35.7 Å². The van der Waals surface area contributed by atoms with E-state index in [0.717, 1.165) is 27.3 Å². The molecule has 1 unspecified atom stereocenters. The van der Waals surface area contributed by atoms with Gasteiger partial charge in [-0.2, -0.15) is 4.31 Å². The number of ether oxygens (including phenoxy) is 1. The molecular formula is C29H35N3O5S. The predicted molar refractivity (Wildman–Crippen MR) is 148 cm³/mol. The Bertz CT molecular complexity index is 1280. The largest absolute Gasteiger partial charge is 0.497 e. The SMILES string of the molecule is CCNC(=O)C(Cc1ccccc1)N(Cc1ccc(OC)cc1)C(=O)CN(Cc1ccccc1)S(C)(=O)=O. The zero-order valence-corrected chi connectivity index (χ0v) is 22.9. The second kappa shape index (κ2) is 13.7. The van der Waals surface area contributed by atoms with Crippen LogP contribution in [0.4, 0.5) is 0 Å². The van der Waals surface area contributed by atoms with Gasteiger partial charge < -0.3 is 15.0 Å². The molecule has 3 aromatic rings. The summed E-state index contributed by atoms with van der Waals surface area (Å²) in [7, 11) is -2.15. The summed E-state index contributed by atoms with van der Waals surface area (Å²) in [6.07, 6.45) is 1.37. The summed E-state index contributed by atoms with van der Waals surface area (Å²) in [6.45, 7) is 2.00. The number of methoxy groups -OCH3 is 1. The summed E-state index contributed by atoms with van der Waals surface area (Å²) in [4.78, 5) is 28.6. The zero-order valence-electron chi connectivity index (χ0n) is 22.0. The van der Waals surface area contributed by atoms with Crippen molar-refractivity contribution in [3.05, 3.63) is 102 Å². The fourth-order valence-electron chi connectivity index (χ4n) is 4.09. The van der Waals surface area contributed by atoms with E-state index in [1.54, 1.807) is 19.2 Å². The fourth-order valence-corrected chi connectivity index (χ4v) is 4.82. The standard InChI is InChI=1S/C29H35N3O5S/c1-4-30-29(34)27(19-23-11-7-5-8-12-23)32(21-25-15-17-26(37-2)18-16-25)28(33)22-31(38(3,35)36)20-24-13-9-6-10-14-24/h5-18,27H,4,19-22H2,1-3H3,(H,30,34). The number of hydrogen-bond acceptors (Lipinski definition) is 5. The summed E-state index contributed by atoms with van der Waals surface area (Å²) in [5, 5.41) is 2.84. The second-order valence-corrected chi connectivity index (χ2v) is 11.0. The minimum absolute atomic E-state index is 0.0479. The highest BCUT2D eigenvalue weighted by atomic mass is 32.2. The molecule has 0 fully saturated rings. The average molecular weight is 538 g/mol. The van der Waals surface area contributed by atoms with Crippen LogP contribution in [0.1, 0.15) is 23.6 Å². The van der Waals surface area contributed by atoms with Crippen LogP contribution in [-0.2, 0) is 39.1 Å². The molecule has 0 bridgehead atoms. The van der Waals surface area contributed by atoms with E-state index in [1.165, 1.54) is 4.90 Å². The van der Waals surface area contributed by atoms with E-state index in [-0.39, 0.29) is 25.4 Å². The molecule has 0 radical (unpaired) electrons. The van der Waals surface area contributed by atoms with Crippen LogP contribution in [0.25, 0.3) is 0 Å². The Hall–Kier alpha value is -3.69. The van der Waals surface area contributed by atoms with Crippen molar-refractivity contribution in [3.8, 4) is 5.75 Å². The maximum atomic E-state index is 13.9. The van der Waals surface area contributed by atoms with Gasteiger partial charge in [0.25, 0.3) is 0 Å². The van der Waals surface area contributed by atoms with Gasteiger partial charge in [-0.1, -0.05) is 72.8 Å². The molecule has 0 saturated carbocycles. The molecule has 0 aliphatic heterocycles. The zero-order chi connectivity index (χ0) is 27.5. The van der Waals surface area contributed by atoms with Crippen molar-refractivity contribution in [1.29, 1.82) is 0 Å². The Labute approximate surface area is 225 Å². The molecule has 38 heavy (non-hydrogen) atoms. The van der Waals surface area contributed by atoms with Gasteiger partial charge in [0.2, 0.25) is 21.8 Å². The maximum absolute atomic E-state index is 13.9. The summed E-state index contributed by atoms with van der Waals surface area (Å²) in [6, 6.07) is 24.9. The predicted octanol–water partition coefficient (Wildman–Crippen LogP) is 3.23. The molecule has 3 rings (SSSR count). The highest BCUT2D eigenvalue weighted by Gasteiger charge is 2.32. The number of amides is 2. The van der Waals surface area contributed by atoms with Gasteiger partial charge >= 0.3 is 0 Å².